The first-order valence-electron chi connectivity index (χ1n) is 8.82. The molecule has 1 amide bonds. The number of benzene rings is 1. The molecule has 2 rings (SSSR count). The predicted octanol–water partition coefficient (Wildman–Crippen LogP) is 5.40. The molecule has 1 aromatic carbocycles. The standard InChI is InChI=1S/C20H27NO4S/c1-5-6-14-26(23)21(19(22)24-15-20(2,3)4)18-13-12-17(25-18)16-10-8-7-9-11-16/h7-13H,5-6,14-15H2,1-4H3. The molecule has 1 heterocycles. The number of nitrogens with zero attached hydrogens (tertiary/aromatic N) is 1. The molecule has 0 aliphatic carbocycles. The van der Waals surface area contributed by atoms with Gasteiger partial charge in [0.15, 0.2) is 0 Å². The first-order chi connectivity index (χ1) is 12.3. The Labute approximate surface area is 158 Å². The summed E-state index contributed by atoms with van der Waals surface area (Å²) in [5, 5.41) is 0. The summed E-state index contributed by atoms with van der Waals surface area (Å²) in [4.78, 5) is 12.6. The average Bonchev–Trinajstić information content (AvgIpc) is 3.08. The van der Waals surface area contributed by atoms with Crippen LogP contribution in [0.2, 0.25) is 0 Å². The fraction of sp³-hybridized carbons (Fsp3) is 0.450. The Morgan fingerprint density at radius 2 is 1.88 bits per heavy atom. The topological polar surface area (TPSA) is 65.7 Å². The molecule has 5 nitrogen and oxygen atoms in total. The van der Waals surface area contributed by atoms with Gasteiger partial charge in [-0.1, -0.05) is 68.8 Å². The smallest absolute Gasteiger partial charge is 0.459 e. The van der Waals surface area contributed by atoms with Gasteiger partial charge in [-0.25, -0.2) is 4.79 Å². The van der Waals surface area contributed by atoms with Crippen LogP contribution in [0.1, 0.15) is 40.5 Å². The van der Waals surface area contributed by atoms with Crippen molar-refractivity contribution in [2.75, 3.05) is 16.7 Å². The maximum atomic E-state index is 12.7. The molecule has 0 bridgehead atoms. The van der Waals surface area contributed by atoms with E-state index >= 15 is 0 Å². The van der Waals surface area contributed by atoms with Crippen LogP contribution in [0.5, 0.6) is 0 Å². The molecule has 1 aromatic heterocycles. The van der Waals surface area contributed by atoms with Gasteiger partial charge in [0.2, 0.25) is 0 Å². The van der Waals surface area contributed by atoms with Crippen molar-refractivity contribution in [1.29, 1.82) is 0 Å². The minimum atomic E-state index is -1.55. The van der Waals surface area contributed by atoms with E-state index in [1.165, 1.54) is 0 Å². The Morgan fingerprint density at radius 1 is 1.19 bits per heavy atom. The Morgan fingerprint density at radius 3 is 2.50 bits per heavy atom. The molecule has 0 spiro atoms. The number of ether oxygens (including phenoxy) is 1. The van der Waals surface area contributed by atoms with Crippen molar-refractivity contribution in [2.24, 2.45) is 5.41 Å². The molecule has 0 radical (unpaired) electrons. The summed E-state index contributed by atoms with van der Waals surface area (Å²) in [7, 11) is 0. The highest BCUT2D eigenvalue weighted by atomic mass is 32.2. The van der Waals surface area contributed by atoms with Crippen molar-refractivity contribution >= 4 is 23.3 Å². The molecular weight excluding hydrogens is 350 g/mol. The van der Waals surface area contributed by atoms with Crippen molar-refractivity contribution in [3.63, 3.8) is 0 Å². The van der Waals surface area contributed by atoms with E-state index in [1.54, 1.807) is 12.1 Å². The van der Waals surface area contributed by atoms with E-state index in [0.29, 0.717) is 11.5 Å². The number of carbonyl (C=O) groups is 1. The second kappa shape index (κ2) is 9.14. The first kappa shape index (κ1) is 20.4. The van der Waals surface area contributed by atoms with Crippen LogP contribution in [0, 0.1) is 5.41 Å². The van der Waals surface area contributed by atoms with E-state index in [0.717, 1.165) is 22.7 Å². The number of hydrogen-bond donors (Lipinski definition) is 0. The third-order valence-corrected chi connectivity index (χ3v) is 4.90. The van der Waals surface area contributed by atoms with Crippen molar-refractivity contribution < 1.29 is 18.5 Å². The second-order valence-corrected chi connectivity index (χ2v) is 8.71. The molecule has 142 valence electrons. The van der Waals surface area contributed by atoms with Crippen LogP contribution < -0.4 is 4.31 Å². The van der Waals surface area contributed by atoms with E-state index in [4.69, 9.17) is 9.15 Å². The molecule has 0 saturated carbocycles. The summed E-state index contributed by atoms with van der Waals surface area (Å²) in [5.74, 6) is 1.22. The number of carbonyl (C=O) groups excluding carboxylic acids is 1. The highest BCUT2D eigenvalue weighted by Gasteiger charge is 2.33. The summed E-state index contributed by atoms with van der Waals surface area (Å²) in [6.45, 7) is 8.16. The van der Waals surface area contributed by atoms with E-state index in [2.05, 4.69) is 0 Å². The molecule has 0 aliphatic heterocycles. The van der Waals surface area contributed by atoms with Crippen LogP contribution in [-0.4, -0.2) is 23.0 Å². The minimum absolute atomic E-state index is 0.176. The van der Waals surface area contributed by atoms with Gasteiger partial charge in [0, 0.05) is 11.6 Å². The van der Waals surface area contributed by atoms with Gasteiger partial charge in [-0.3, -0.25) is 0 Å². The van der Waals surface area contributed by atoms with Crippen molar-refractivity contribution in [1.82, 2.24) is 0 Å². The Balaban J connectivity index is 2.23. The lowest BCUT2D eigenvalue weighted by molar-refractivity contribution is 0.115. The third kappa shape index (κ3) is 5.81. The summed E-state index contributed by atoms with van der Waals surface area (Å²) in [6.07, 6.45) is 0.995. The predicted molar refractivity (Wildman–Crippen MR) is 105 cm³/mol. The lowest BCUT2D eigenvalue weighted by atomic mass is 9.99. The first-order valence-corrected chi connectivity index (χ1v) is 10.1. The maximum absolute atomic E-state index is 12.7. The fourth-order valence-electron chi connectivity index (χ4n) is 2.16. The number of hydrogen-bond acceptors (Lipinski definition) is 4. The zero-order chi connectivity index (χ0) is 19.2. The number of anilines is 1. The molecule has 1 atom stereocenters. The molecule has 0 N–H and O–H groups in total. The maximum Gasteiger partial charge on any atom is 0.459 e. The van der Waals surface area contributed by atoms with Crippen LogP contribution in [-0.2, 0) is 16.1 Å². The molecule has 6 heteroatoms. The number of amides is 1. The lowest BCUT2D eigenvalue weighted by Gasteiger charge is -2.24. The third-order valence-electron chi connectivity index (χ3n) is 3.52. The zero-order valence-corrected chi connectivity index (χ0v) is 16.7. The fourth-order valence-corrected chi connectivity index (χ4v) is 3.40. The highest BCUT2D eigenvalue weighted by Crippen LogP contribution is 2.29. The lowest BCUT2D eigenvalue weighted by Crippen LogP contribution is -2.39. The number of furan rings is 1. The van der Waals surface area contributed by atoms with Crippen LogP contribution in [0.15, 0.2) is 46.9 Å². The second-order valence-electron chi connectivity index (χ2n) is 7.29. The summed E-state index contributed by atoms with van der Waals surface area (Å²) < 4.78 is 25.0. The van der Waals surface area contributed by atoms with Gasteiger partial charge in [-0.15, -0.1) is 0 Å². The van der Waals surface area contributed by atoms with Crippen LogP contribution >= 0.6 is 0 Å². The molecule has 0 aliphatic rings. The molecule has 26 heavy (non-hydrogen) atoms. The van der Waals surface area contributed by atoms with Gasteiger partial charge in [0.1, 0.15) is 11.5 Å². The van der Waals surface area contributed by atoms with E-state index in [1.807, 2.05) is 58.0 Å². The van der Waals surface area contributed by atoms with Crippen molar-refractivity contribution in [3.8, 4) is 11.3 Å². The van der Waals surface area contributed by atoms with Gasteiger partial charge in [0.25, 0.3) is 5.88 Å². The molecular formula is C20H27NO4S. The van der Waals surface area contributed by atoms with Crippen LogP contribution in [0.25, 0.3) is 11.3 Å². The molecule has 0 saturated heterocycles. The van der Waals surface area contributed by atoms with Gasteiger partial charge in [-0.2, -0.15) is 0 Å². The summed E-state index contributed by atoms with van der Waals surface area (Å²) in [6, 6.07) is 13.0. The summed E-state index contributed by atoms with van der Waals surface area (Å²) >= 11 is -1.55. The van der Waals surface area contributed by atoms with Gasteiger partial charge in [-0.05, 0) is 17.9 Å². The highest BCUT2D eigenvalue weighted by molar-refractivity contribution is 7.93. The molecule has 2 aromatic rings. The average molecular weight is 378 g/mol. The SMILES string of the molecule is CCCC[S+]([O-])N(C(=O)OCC(C)(C)C)c1ccc(-c2ccccc2)o1. The quantitative estimate of drug-likeness (QED) is 0.606. The molecule has 0 fully saturated rings. The monoisotopic (exact) mass is 377 g/mol. The number of unbranched alkanes of at least 4 members (excludes halogenated alkanes) is 1. The normalized spacial score (nSPS) is 12.7. The largest absolute Gasteiger partial charge is 0.592 e. The minimum Gasteiger partial charge on any atom is -0.592 e. The zero-order valence-electron chi connectivity index (χ0n) is 15.9. The van der Waals surface area contributed by atoms with E-state index < -0.39 is 17.5 Å². The Kier molecular flexibility index (Phi) is 7.17. The van der Waals surface area contributed by atoms with Gasteiger partial charge < -0.3 is 13.7 Å². The van der Waals surface area contributed by atoms with Gasteiger partial charge >= 0.3 is 6.09 Å². The molecule has 1 unspecified atom stereocenters. The Hall–Kier alpha value is -1.92. The Bertz CT molecular complexity index is 693. The number of rotatable bonds is 7. The summed E-state index contributed by atoms with van der Waals surface area (Å²) in [5.41, 5.74) is 0.714. The van der Waals surface area contributed by atoms with Gasteiger partial charge in [0.05, 0.1) is 18.0 Å². The van der Waals surface area contributed by atoms with E-state index in [9.17, 15) is 9.35 Å². The van der Waals surface area contributed by atoms with Crippen molar-refractivity contribution in [3.05, 3.63) is 42.5 Å². The van der Waals surface area contributed by atoms with Crippen LogP contribution in [0.3, 0.4) is 0 Å². The van der Waals surface area contributed by atoms with E-state index in [-0.39, 0.29) is 17.9 Å². The van der Waals surface area contributed by atoms with Crippen LogP contribution in [0.4, 0.5) is 10.7 Å². The van der Waals surface area contributed by atoms with Crippen molar-refractivity contribution in [2.45, 2.75) is 40.5 Å².